The van der Waals surface area contributed by atoms with E-state index in [0.29, 0.717) is 17.8 Å². The smallest absolute Gasteiger partial charge is 0.0723 e. The maximum absolute atomic E-state index is 10.6. The predicted molar refractivity (Wildman–Crippen MR) is 126 cm³/mol. The largest absolute Gasteiger partial charge is 0.392 e. The first-order valence-electron chi connectivity index (χ1n) is 13.0. The molecule has 172 valence electrons. The van der Waals surface area contributed by atoms with Gasteiger partial charge in [-0.05, 0) is 88.8 Å². The van der Waals surface area contributed by atoms with E-state index in [9.17, 15) is 10.2 Å². The van der Waals surface area contributed by atoms with Crippen LogP contribution in [0.15, 0.2) is 23.8 Å². The lowest BCUT2D eigenvalue weighted by atomic mass is 9.88. The van der Waals surface area contributed by atoms with Gasteiger partial charge in [-0.3, -0.25) is 0 Å². The highest BCUT2D eigenvalue weighted by Gasteiger charge is 2.43. The van der Waals surface area contributed by atoms with Gasteiger partial charge in [-0.25, -0.2) is 0 Å². The minimum absolute atomic E-state index is 0.222. The molecule has 1 heterocycles. The van der Waals surface area contributed by atoms with Gasteiger partial charge in [-0.1, -0.05) is 63.3 Å². The topological polar surface area (TPSA) is 43.7 Å². The van der Waals surface area contributed by atoms with Crippen molar-refractivity contribution in [2.75, 3.05) is 19.6 Å². The maximum Gasteiger partial charge on any atom is 0.0723 e. The summed E-state index contributed by atoms with van der Waals surface area (Å²) in [6, 6.07) is 0. The van der Waals surface area contributed by atoms with E-state index in [1.165, 1.54) is 77.4 Å². The first kappa shape index (κ1) is 24.0. The Hall–Kier alpha value is -0.640. The summed E-state index contributed by atoms with van der Waals surface area (Å²) >= 11 is 0. The Morgan fingerprint density at radius 2 is 1.97 bits per heavy atom. The van der Waals surface area contributed by atoms with Gasteiger partial charge < -0.3 is 15.1 Å². The van der Waals surface area contributed by atoms with Crippen molar-refractivity contribution in [3.63, 3.8) is 0 Å². The minimum Gasteiger partial charge on any atom is -0.392 e. The standard InChI is InChI=1S/C27H47NO2/c1-3-4-10-21(2)17-24(29)12-13-25-26-19-22(18-23(26)20-27(25)30)11-6-5-7-14-28-15-8-9-16-28/h12-13,18,21,23-27,29-30H,3-11,14-17,19-20H2,1-2H3/b13-12+/t21-,23+,24-,25-,26+,27-/m1/s1. The number of nitrogens with zero attached hydrogens (tertiary/aromatic N) is 1. The first-order chi connectivity index (χ1) is 14.6. The average molecular weight is 418 g/mol. The minimum atomic E-state index is -0.368. The molecule has 3 nitrogen and oxygen atoms in total. The van der Waals surface area contributed by atoms with Crippen molar-refractivity contribution in [2.45, 2.75) is 103 Å². The zero-order valence-electron chi connectivity index (χ0n) is 19.6. The summed E-state index contributed by atoms with van der Waals surface area (Å²) in [5.74, 6) is 1.89. The molecule has 2 aliphatic carbocycles. The van der Waals surface area contributed by atoms with Crippen LogP contribution in [0.3, 0.4) is 0 Å². The summed E-state index contributed by atoms with van der Waals surface area (Å²) in [5, 5.41) is 21.0. The molecule has 3 rings (SSSR count). The van der Waals surface area contributed by atoms with Crippen LogP contribution in [0.2, 0.25) is 0 Å². The number of likely N-dealkylation sites (tertiary alicyclic amines) is 1. The average Bonchev–Trinajstić information content (AvgIpc) is 3.42. The van der Waals surface area contributed by atoms with Gasteiger partial charge in [0.25, 0.3) is 0 Å². The fourth-order valence-corrected chi connectivity index (χ4v) is 6.08. The number of hydrogen-bond donors (Lipinski definition) is 2. The molecule has 0 bridgehead atoms. The van der Waals surface area contributed by atoms with Gasteiger partial charge in [0.05, 0.1) is 12.2 Å². The number of fused-ring (bicyclic) bond motifs is 1. The highest BCUT2D eigenvalue weighted by atomic mass is 16.3. The Bertz CT molecular complexity index is 551. The monoisotopic (exact) mass is 417 g/mol. The van der Waals surface area contributed by atoms with Crippen LogP contribution in [-0.2, 0) is 0 Å². The second-order valence-corrected chi connectivity index (χ2v) is 10.5. The molecule has 6 atom stereocenters. The molecule has 0 aromatic carbocycles. The number of hydrogen-bond acceptors (Lipinski definition) is 3. The van der Waals surface area contributed by atoms with E-state index in [1.807, 2.05) is 6.08 Å². The van der Waals surface area contributed by atoms with Crippen LogP contribution < -0.4 is 0 Å². The van der Waals surface area contributed by atoms with Crippen LogP contribution >= 0.6 is 0 Å². The highest BCUT2D eigenvalue weighted by Crippen LogP contribution is 2.48. The van der Waals surface area contributed by atoms with Crippen molar-refractivity contribution < 1.29 is 10.2 Å². The molecule has 1 saturated heterocycles. The maximum atomic E-state index is 10.6. The van der Waals surface area contributed by atoms with Gasteiger partial charge in [0.1, 0.15) is 0 Å². The van der Waals surface area contributed by atoms with E-state index in [1.54, 1.807) is 5.57 Å². The van der Waals surface area contributed by atoms with Gasteiger partial charge in [-0.15, -0.1) is 0 Å². The molecule has 0 amide bonds. The normalized spacial score (nSPS) is 31.4. The fraction of sp³-hybridized carbons (Fsp3) is 0.852. The lowest BCUT2D eigenvalue weighted by molar-refractivity contribution is 0.139. The zero-order valence-corrected chi connectivity index (χ0v) is 19.6. The van der Waals surface area contributed by atoms with Crippen LogP contribution in [0.1, 0.15) is 90.9 Å². The molecule has 0 radical (unpaired) electrons. The Morgan fingerprint density at radius 3 is 2.73 bits per heavy atom. The van der Waals surface area contributed by atoms with Gasteiger partial charge in [-0.2, -0.15) is 0 Å². The predicted octanol–water partition coefficient (Wildman–Crippen LogP) is 5.72. The highest BCUT2D eigenvalue weighted by molar-refractivity contribution is 5.21. The van der Waals surface area contributed by atoms with Crippen LogP contribution in [0.4, 0.5) is 0 Å². The van der Waals surface area contributed by atoms with Gasteiger partial charge in [0.2, 0.25) is 0 Å². The fourth-order valence-electron chi connectivity index (χ4n) is 6.08. The summed E-state index contributed by atoms with van der Waals surface area (Å²) in [4.78, 5) is 2.62. The summed E-state index contributed by atoms with van der Waals surface area (Å²) in [6.07, 6.45) is 20.6. The van der Waals surface area contributed by atoms with E-state index >= 15 is 0 Å². The third-order valence-electron chi connectivity index (χ3n) is 7.87. The lowest BCUT2D eigenvalue weighted by Crippen LogP contribution is -2.20. The number of aliphatic hydroxyl groups excluding tert-OH is 2. The Morgan fingerprint density at radius 1 is 1.17 bits per heavy atom. The van der Waals surface area contributed by atoms with Gasteiger partial charge >= 0.3 is 0 Å². The molecule has 0 aromatic heterocycles. The SMILES string of the molecule is CCCC[C@@H](C)C[C@H](O)/C=C/[C@@H]1[C@H]2CC(CCCCCN3CCCC3)=C[C@H]2C[C@H]1O. The second-order valence-electron chi connectivity index (χ2n) is 10.5. The number of unbranched alkanes of at least 4 members (excludes halogenated alkanes) is 3. The molecule has 3 heteroatoms. The van der Waals surface area contributed by atoms with E-state index in [0.717, 1.165) is 19.3 Å². The van der Waals surface area contributed by atoms with E-state index < -0.39 is 0 Å². The molecule has 0 aromatic rings. The molecule has 1 saturated carbocycles. The van der Waals surface area contributed by atoms with Crippen LogP contribution in [0, 0.1) is 23.7 Å². The van der Waals surface area contributed by atoms with Crippen molar-refractivity contribution in [3.8, 4) is 0 Å². The second kappa shape index (κ2) is 12.4. The van der Waals surface area contributed by atoms with Crippen LogP contribution in [0.5, 0.6) is 0 Å². The van der Waals surface area contributed by atoms with Crippen molar-refractivity contribution in [1.82, 2.24) is 4.90 Å². The zero-order chi connectivity index (χ0) is 21.3. The lowest BCUT2D eigenvalue weighted by Gasteiger charge is -2.19. The Labute approximate surface area is 185 Å². The molecule has 30 heavy (non-hydrogen) atoms. The summed E-state index contributed by atoms with van der Waals surface area (Å²) in [5.41, 5.74) is 1.63. The molecule has 0 unspecified atom stereocenters. The van der Waals surface area contributed by atoms with Crippen molar-refractivity contribution in [1.29, 1.82) is 0 Å². The van der Waals surface area contributed by atoms with Gasteiger partial charge in [0.15, 0.2) is 0 Å². The molecule has 1 aliphatic heterocycles. The molecular formula is C27H47NO2. The quantitative estimate of drug-likeness (QED) is 0.297. The third-order valence-corrected chi connectivity index (χ3v) is 7.87. The summed E-state index contributed by atoms with van der Waals surface area (Å²) in [7, 11) is 0. The number of rotatable bonds is 13. The molecule has 3 aliphatic rings. The molecule has 2 N–H and O–H groups in total. The first-order valence-corrected chi connectivity index (χ1v) is 13.0. The number of allylic oxidation sites excluding steroid dienone is 2. The van der Waals surface area contributed by atoms with E-state index in [-0.39, 0.29) is 18.1 Å². The number of aliphatic hydroxyl groups is 2. The van der Waals surface area contributed by atoms with E-state index in [2.05, 4.69) is 30.9 Å². The van der Waals surface area contributed by atoms with Crippen molar-refractivity contribution in [2.24, 2.45) is 23.7 Å². The van der Waals surface area contributed by atoms with Crippen molar-refractivity contribution >= 4 is 0 Å². The Balaban J connectivity index is 1.36. The van der Waals surface area contributed by atoms with Gasteiger partial charge in [0, 0.05) is 5.92 Å². The molecule has 0 spiro atoms. The summed E-state index contributed by atoms with van der Waals surface area (Å²) in [6.45, 7) is 8.39. The van der Waals surface area contributed by atoms with E-state index in [4.69, 9.17) is 0 Å². The van der Waals surface area contributed by atoms with Crippen molar-refractivity contribution in [3.05, 3.63) is 23.8 Å². The van der Waals surface area contributed by atoms with Crippen LogP contribution in [0.25, 0.3) is 0 Å². The Kier molecular flexibility index (Phi) is 9.93. The molecular weight excluding hydrogens is 370 g/mol. The third kappa shape index (κ3) is 7.21. The molecule has 2 fully saturated rings. The van der Waals surface area contributed by atoms with Crippen LogP contribution in [-0.4, -0.2) is 47.0 Å². The summed E-state index contributed by atoms with van der Waals surface area (Å²) < 4.78 is 0.